The van der Waals surface area contributed by atoms with Gasteiger partial charge in [-0.3, -0.25) is 4.79 Å². The Hall–Kier alpha value is -3.03. The van der Waals surface area contributed by atoms with Gasteiger partial charge in [0.1, 0.15) is 11.4 Å². The summed E-state index contributed by atoms with van der Waals surface area (Å²) in [7, 11) is 0. The molecule has 3 aromatic rings. The fourth-order valence-corrected chi connectivity index (χ4v) is 3.91. The highest BCUT2D eigenvalue weighted by Gasteiger charge is 2.30. The number of hydrogen-bond acceptors (Lipinski definition) is 4. The fourth-order valence-electron chi connectivity index (χ4n) is 3.91. The molecule has 0 radical (unpaired) electrons. The minimum atomic E-state index is -0.889. The third-order valence-corrected chi connectivity index (χ3v) is 5.62. The second-order valence-electron chi connectivity index (χ2n) is 8.04. The summed E-state index contributed by atoms with van der Waals surface area (Å²) in [4.78, 5) is 22.5. The number of halogens is 2. The molecule has 3 heterocycles. The molecule has 0 spiro atoms. The maximum absolute atomic E-state index is 13.5. The predicted octanol–water partition coefficient (Wildman–Crippen LogP) is 4.79. The van der Waals surface area contributed by atoms with Crippen LogP contribution in [0.25, 0.3) is 11.3 Å². The van der Waals surface area contributed by atoms with Gasteiger partial charge in [0.05, 0.1) is 17.6 Å². The zero-order valence-corrected chi connectivity index (χ0v) is 17.2. The van der Waals surface area contributed by atoms with Gasteiger partial charge in [-0.15, -0.1) is 0 Å². The van der Waals surface area contributed by atoms with E-state index >= 15 is 0 Å². The van der Waals surface area contributed by atoms with Crippen LogP contribution in [0.3, 0.4) is 0 Å². The van der Waals surface area contributed by atoms with Crippen molar-refractivity contribution in [2.45, 2.75) is 45.4 Å². The molecule has 1 aromatic carbocycles. The van der Waals surface area contributed by atoms with E-state index in [2.05, 4.69) is 15.1 Å². The molecule has 158 valence electrons. The van der Waals surface area contributed by atoms with Gasteiger partial charge in [-0.25, -0.2) is 13.8 Å². The van der Waals surface area contributed by atoms with E-state index in [0.29, 0.717) is 41.4 Å². The molecule has 0 saturated carbocycles. The highest BCUT2D eigenvalue weighted by molar-refractivity contribution is 5.96. The topological polar surface area (TPSA) is 75.0 Å². The lowest BCUT2D eigenvalue weighted by Crippen LogP contribution is -2.38. The van der Waals surface area contributed by atoms with Gasteiger partial charge in [0, 0.05) is 30.5 Å². The van der Waals surface area contributed by atoms with E-state index in [1.807, 2.05) is 18.7 Å². The number of H-pyrrole nitrogens is 1. The van der Waals surface area contributed by atoms with Gasteiger partial charge in [-0.1, -0.05) is 19.0 Å². The van der Waals surface area contributed by atoms with Crippen molar-refractivity contribution in [1.29, 1.82) is 0 Å². The summed E-state index contributed by atoms with van der Waals surface area (Å²) < 4.78 is 32.0. The number of aromatic nitrogens is 3. The minimum Gasteiger partial charge on any atom is -0.360 e. The molecule has 0 unspecified atom stereocenters. The summed E-state index contributed by atoms with van der Waals surface area (Å²) in [5, 5.41) is 3.97. The van der Waals surface area contributed by atoms with Crippen LogP contribution in [0.4, 0.5) is 8.78 Å². The van der Waals surface area contributed by atoms with Crippen LogP contribution in [0.15, 0.2) is 28.9 Å². The van der Waals surface area contributed by atoms with Gasteiger partial charge in [-0.2, -0.15) is 0 Å². The van der Waals surface area contributed by atoms with Gasteiger partial charge in [0.2, 0.25) is 0 Å². The molecule has 1 aliphatic rings. The second kappa shape index (κ2) is 8.01. The van der Waals surface area contributed by atoms with Crippen LogP contribution in [0.5, 0.6) is 0 Å². The van der Waals surface area contributed by atoms with E-state index in [4.69, 9.17) is 4.52 Å². The summed E-state index contributed by atoms with van der Waals surface area (Å²) in [5.74, 6) is -0.133. The van der Waals surface area contributed by atoms with Crippen molar-refractivity contribution < 1.29 is 18.1 Å². The SMILES string of the molecule is Cc1noc(C(C)C)c1C(=O)N1CCC(c2ncc(-c3ccc(F)c(F)c3)[nH]2)CC1. The highest BCUT2D eigenvalue weighted by atomic mass is 19.2. The number of carbonyl (C=O) groups excluding carboxylic acids is 1. The Kier molecular flexibility index (Phi) is 5.40. The Labute approximate surface area is 173 Å². The van der Waals surface area contributed by atoms with Crippen molar-refractivity contribution in [2.24, 2.45) is 0 Å². The number of aromatic amines is 1. The number of piperidine rings is 1. The van der Waals surface area contributed by atoms with Crippen molar-refractivity contribution in [3.05, 3.63) is 58.9 Å². The Bertz CT molecular complexity index is 1070. The summed E-state index contributed by atoms with van der Waals surface area (Å²) >= 11 is 0. The summed E-state index contributed by atoms with van der Waals surface area (Å²) in [6.07, 6.45) is 3.16. The average Bonchev–Trinajstić information content (AvgIpc) is 3.37. The van der Waals surface area contributed by atoms with E-state index in [-0.39, 0.29) is 17.7 Å². The molecule has 1 N–H and O–H groups in total. The maximum atomic E-state index is 13.5. The minimum absolute atomic E-state index is 0.0437. The lowest BCUT2D eigenvalue weighted by molar-refractivity contribution is 0.0707. The molecule has 1 amide bonds. The molecule has 4 rings (SSSR count). The van der Waals surface area contributed by atoms with Crippen LogP contribution in [-0.2, 0) is 0 Å². The van der Waals surface area contributed by atoms with E-state index < -0.39 is 11.6 Å². The molecular weight excluding hydrogens is 390 g/mol. The first-order valence-corrected chi connectivity index (χ1v) is 10.1. The number of carbonyl (C=O) groups is 1. The van der Waals surface area contributed by atoms with Crippen molar-refractivity contribution in [1.82, 2.24) is 20.0 Å². The van der Waals surface area contributed by atoms with E-state index in [1.54, 1.807) is 13.1 Å². The number of benzene rings is 1. The zero-order chi connectivity index (χ0) is 21.4. The molecule has 1 aliphatic heterocycles. The first-order chi connectivity index (χ1) is 14.3. The number of rotatable bonds is 4. The second-order valence-corrected chi connectivity index (χ2v) is 8.04. The average molecular weight is 414 g/mol. The molecular formula is C22H24F2N4O2. The monoisotopic (exact) mass is 414 g/mol. The number of likely N-dealkylation sites (tertiary alicyclic amines) is 1. The number of imidazole rings is 1. The molecule has 1 saturated heterocycles. The maximum Gasteiger partial charge on any atom is 0.259 e. The molecule has 0 atom stereocenters. The Balaban J connectivity index is 1.44. The third kappa shape index (κ3) is 3.74. The first-order valence-electron chi connectivity index (χ1n) is 10.1. The van der Waals surface area contributed by atoms with Crippen molar-refractivity contribution in [3.8, 4) is 11.3 Å². The normalized spacial score (nSPS) is 15.2. The van der Waals surface area contributed by atoms with Crippen LogP contribution < -0.4 is 0 Å². The van der Waals surface area contributed by atoms with Gasteiger partial charge in [-0.05, 0) is 38.0 Å². The molecule has 0 aliphatic carbocycles. The number of nitrogens with one attached hydrogen (secondary N) is 1. The zero-order valence-electron chi connectivity index (χ0n) is 17.2. The number of aryl methyl sites for hydroxylation is 1. The molecule has 30 heavy (non-hydrogen) atoms. The van der Waals surface area contributed by atoms with Crippen molar-refractivity contribution in [3.63, 3.8) is 0 Å². The van der Waals surface area contributed by atoms with Crippen LogP contribution in [0, 0.1) is 18.6 Å². The van der Waals surface area contributed by atoms with Gasteiger partial charge >= 0.3 is 0 Å². The third-order valence-electron chi connectivity index (χ3n) is 5.62. The number of amides is 1. The van der Waals surface area contributed by atoms with E-state index in [1.165, 1.54) is 6.07 Å². The fraction of sp³-hybridized carbons (Fsp3) is 0.409. The summed E-state index contributed by atoms with van der Waals surface area (Å²) in [6, 6.07) is 3.78. The first kappa shape index (κ1) is 20.3. The predicted molar refractivity (Wildman–Crippen MR) is 107 cm³/mol. The Morgan fingerprint density at radius 1 is 1.23 bits per heavy atom. The van der Waals surface area contributed by atoms with E-state index in [9.17, 15) is 13.6 Å². The van der Waals surface area contributed by atoms with Crippen LogP contribution in [0.2, 0.25) is 0 Å². The lowest BCUT2D eigenvalue weighted by Gasteiger charge is -2.31. The quantitative estimate of drug-likeness (QED) is 0.666. The molecule has 0 bridgehead atoms. The Morgan fingerprint density at radius 3 is 2.63 bits per heavy atom. The van der Waals surface area contributed by atoms with Gasteiger partial charge < -0.3 is 14.4 Å². The van der Waals surface area contributed by atoms with E-state index in [0.717, 1.165) is 30.8 Å². The highest BCUT2D eigenvalue weighted by Crippen LogP contribution is 2.30. The summed E-state index contributed by atoms with van der Waals surface area (Å²) in [5.41, 5.74) is 2.38. The standard InChI is InChI=1S/C22H24F2N4O2/c1-12(2)20-19(13(3)27-30-20)22(29)28-8-6-14(7-9-28)21-25-11-18(26-21)15-4-5-16(23)17(24)10-15/h4-5,10-12,14H,6-9H2,1-3H3,(H,25,26). The van der Waals surface area contributed by atoms with Crippen molar-refractivity contribution in [2.75, 3.05) is 13.1 Å². The number of nitrogens with zero attached hydrogens (tertiary/aromatic N) is 3. The molecule has 6 nitrogen and oxygen atoms in total. The van der Waals surface area contributed by atoms with Crippen LogP contribution in [0.1, 0.15) is 66.2 Å². The van der Waals surface area contributed by atoms with Gasteiger partial charge in [0.15, 0.2) is 17.4 Å². The molecule has 1 fully saturated rings. The largest absolute Gasteiger partial charge is 0.360 e. The Morgan fingerprint density at radius 2 is 1.97 bits per heavy atom. The molecule has 2 aromatic heterocycles. The van der Waals surface area contributed by atoms with Crippen molar-refractivity contribution >= 4 is 5.91 Å². The smallest absolute Gasteiger partial charge is 0.259 e. The summed E-state index contributed by atoms with van der Waals surface area (Å²) in [6.45, 7) is 6.95. The molecule has 8 heteroatoms. The number of hydrogen-bond donors (Lipinski definition) is 1. The van der Waals surface area contributed by atoms with Gasteiger partial charge in [0.25, 0.3) is 5.91 Å². The van der Waals surface area contributed by atoms with Crippen LogP contribution >= 0.6 is 0 Å². The lowest BCUT2D eigenvalue weighted by atomic mass is 9.95. The van der Waals surface area contributed by atoms with Crippen LogP contribution in [-0.4, -0.2) is 39.0 Å².